The number of carbonyl (C=O) groups excluding carboxylic acids is 1. The number of benzene rings is 1. The van der Waals surface area contributed by atoms with Crippen LogP contribution in [-0.4, -0.2) is 24.2 Å². The van der Waals surface area contributed by atoms with Crippen molar-refractivity contribution in [3.8, 4) is 0 Å². The second-order valence-corrected chi connectivity index (χ2v) is 3.71. The van der Waals surface area contributed by atoms with Gasteiger partial charge in [-0.2, -0.15) is 0 Å². The number of allylic oxidation sites excluding steroid dienone is 1. The first-order valence-corrected chi connectivity index (χ1v) is 5.46. The van der Waals surface area contributed by atoms with E-state index in [2.05, 4.69) is 5.32 Å². The van der Waals surface area contributed by atoms with Gasteiger partial charge in [0.25, 0.3) is 0 Å². The lowest BCUT2D eigenvalue weighted by atomic mass is 10.1. The average molecular weight is 237 g/mol. The van der Waals surface area contributed by atoms with Crippen molar-refractivity contribution in [3.63, 3.8) is 0 Å². The zero-order valence-electron chi connectivity index (χ0n) is 9.74. The first-order valence-electron chi connectivity index (χ1n) is 5.46. The maximum absolute atomic E-state index is 13.0. The summed E-state index contributed by atoms with van der Waals surface area (Å²) in [5.41, 5.74) is 1.38. The van der Waals surface area contributed by atoms with Crippen LogP contribution in [0.1, 0.15) is 18.9 Å². The van der Waals surface area contributed by atoms with Gasteiger partial charge in [-0.05, 0) is 36.6 Å². The lowest BCUT2D eigenvalue weighted by Gasteiger charge is -2.03. The highest BCUT2D eigenvalue weighted by Crippen LogP contribution is 2.14. The number of hydrogen-bond acceptors (Lipinski definition) is 2. The quantitative estimate of drug-likeness (QED) is 0.605. The first kappa shape index (κ1) is 13.4. The van der Waals surface area contributed by atoms with Gasteiger partial charge in [0, 0.05) is 19.2 Å². The van der Waals surface area contributed by atoms with Gasteiger partial charge in [-0.1, -0.05) is 12.1 Å². The third-order valence-electron chi connectivity index (χ3n) is 2.26. The molecule has 0 atom stereocenters. The minimum atomic E-state index is -0.323. The lowest BCUT2D eigenvalue weighted by Crippen LogP contribution is -2.23. The molecule has 0 aliphatic carbocycles. The van der Waals surface area contributed by atoms with Crippen molar-refractivity contribution in [2.75, 3.05) is 13.2 Å². The second-order valence-electron chi connectivity index (χ2n) is 3.71. The lowest BCUT2D eigenvalue weighted by molar-refractivity contribution is -0.116. The number of carbonyl (C=O) groups is 1. The van der Waals surface area contributed by atoms with Crippen LogP contribution in [0.4, 0.5) is 4.39 Å². The van der Waals surface area contributed by atoms with Crippen LogP contribution in [-0.2, 0) is 4.79 Å². The summed E-state index contributed by atoms with van der Waals surface area (Å²) in [6.07, 6.45) is 1.95. The maximum Gasteiger partial charge on any atom is 0.244 e. The summed E-state index contributed by atoms with van der Waals surface area (Å²) in [5.74, 6) is -0.559. The van der Waals surface area contributed by atoms with Gasteiger partial charge in [0.2, 0.25) is 5.91 Å². The molecule has 2 N–H and O–H groups in total. The zero-order valence-corrected chi connectivity index (χ0v) is 9.74. The Hall–Kier alpha value is -1.68. The monoisotopic (exact) mass is 237 g/mol. The van der Waals surface area contributed by atoms with Crippen molar-refractivity contribution in [1.29, 1.82) is 0 Å². The maximum atomic E-state index is 13.0. The molecule has 0 radical (unpaired) electrons. The molecule has 0 fully saturated rings. The average Bonchev–Trinajstić information content (AvgIpc) is 2.29. The molecule has 0 saturated heterocycles. The van der Waals surface area contributed by atoms with E-state index in [4.69, 9.17) is 5.11 Å². The molecule has 0 heterocycles. The number of rotatable bonds is 5. The minimum Gasteiger partial charge on any atom is -0.396 e. The SMILES string of the molecule is C/C(=C/C(=O)NCCCO)c1cccc(F)c1. The molecule has 1 rings (SSSR count). The predicted octanol–water partition coefficient (Wildman–Crippen LogP) is 1.73. The molecule has 0 saturated carbocycles. The fourth-order valence-corrected chi connectivity index (χ4v) is 1.36. The van der Waals surface area contributed by atoms with Gasteiger partial charge in [0.1, 0.15) is 5.82 Å². The van der Waals surface area contributed by atoms with E-state index >= 15 is 0 Å². The molecular weight excluding hydrogens is 221 g/mol. The highest BCUT2D eigenvalue weighted by atomic mass is 19.1. The standard InChI is InChI=1S/C13H16FNO2/c1-10(8-13(17)15-6-3-7-16)11-4-2-5-12(14)9-11/h2,4-5,8-9,16H,3,6-7H2,1H3,(H,15,17)/b10-8-. The molecule has 0 unspecified atom stereocenters. The molecule has 1 aromatic carbocycles. The van der Waals surface area contributed by atoms with Gasteiger partial charge in [0.15, 0.2) is 0 Å². The summed E-state index contributed by atoms with van der Waals surface area (Å²) < 4.78 is 13.0. The number of nitrogens with one attached hydrogen (secondary N) is 1. The Balaban J connectivity index is 2.62. The predicted molar refractivity (Wildman–Crippen MR) is 64.8 cm³/mol. The van der Waals surface area contributed by atoms with Crippen molar-refractivity contribution in [3.05, 3.63) is 41.7 Å². The normalized spacial score (nSPS) is 11.4. The van der Waals surface area contributed by atoms with E-state index in [9.17, 15) is 9.18 Å². The largest absolute Gasteiger partial charge is 0.396 e. The van der Waals surface area contributed by atoms with E-state index in [-0.39, 0.29) is 18.3 Å². The van der Waals surface area contributed by atoms with Crippen molar-refractivity contribution in [2.45, 2.75) is 13.3 Å². The van der Waals surface area contributed by atoms with E-state index in [0.29, 0.717) is 24.1 Å². The molecule has 92 valence electrons. The summed E-state index contributed by atoms with van der Waals surface area (Å²) >= 11 is 0. The summed E-state index contributed by atoms with van der Waals surface area (Å²) in [7, 11) is 0. The summed E-state index contributed by atoms with van der Waals surface area (Å²) in [6, 6.07) is 6.09. The van der Waals surface area contributed by atoms with Crippen LogP contribution in [0.3, 0.4) is 0 Å². The Bertz CT molecular complexity index is 416. The fourth-order valence-electron chi connectivity index (χ4n) is 1.36. The van der Waals surface area contributed by atoms with Gasteiger partial charge in [-0.15, -0.1) is 0 Å². The Labute approximate surface area is 100.0 Å². The van der Waals surface area contributed by atoms with Gasteiger partial charge in [-0.25, -0.2) is 4.39 Å². The second kappa shape index (κ2) is 6.81. The summed E-state index contributed by atoms with van der Waals surface area (Å²) in [5, 5.41) is 11.2. The Morgan fingerprint density at radius 1 is 1.53 bits per heavy atom. The molecule has 0 aromatic heterocycles. The van der Waals surface area contributed by atoms with Crippen LogP contribution >= 0.6 is 0 Å². The van der Waals surface area contributed by atoms with Crippen molar-refractivity contribution in [1.82, 2.24) is 5.32 Å². The number of halogens is 1. The summed E-state index contributed by atoms with van der Waals surface area (Å²) in [6.45, 7) is 2.23. The Kier molecular flexibility index (Phi) is 5.36. The van der Waals surface area contributed by atoms with Crippen LogP contribution in [0.15, 0.2) is 30.3 Å². The van der Waals surface area contributed by atoms with Gasteiger partial charge >= 0.3 is 0 Å². The van der Waals surface area contributed by atoms with Crippen molar-refractivity contribution in [2.24, 2.45) is 0 Å². The fraction of sp³-hybridized carbons (Fsp3) is 0.308. The number of aliphatic hydroxyl groups excluding tert-OH is 1. The molecule has 0 spiro atoms. The van der Waals surface area contributed by atoms with Crippen LogP contribution in [0.5, 0.6) is 0 Å². The summed E-state index contributed by atoms with van der Waals surface area (Å²) in [4.78, 5) is 11.4. The van der Waals surface area contributed by atoms with Crippen LogP contribution in [0.2, 0.25) is 0 Å². The van der Waals surface area contributed by atoms with E-state index in [1.54, 1.807) is 19.1 Å². The third kappa shape index (κ3) is 4.78. The first-order chi connectivity index (χ1) is 8.13. The topological polar surface area (TPSA) is 49.3 Å². The molecule has 1 amide bonds. The highest BCUT2D eigenvalue weighted by molar-refractivity contribution is 5.94. The van der Waals surface area contributed by atoms with Crippen LogP contribution in [0, 0.1) is 5.82 Å². The van der Waals surface area contributed by atoms with Crippen molar-refractivity contribution < 1.29 is 14.3 Å². The van der Waals surface area contributed by atoms with Crippen molar-refractivity contribution >= 4 is 11.5 Å². The molecule has 4 heteroatoms. The highest BCUT2D eigenvalue weighted by Gasteiger charge is 2.01. The third-order valence-corrected chi connectivity index (χ3v) is 2.26. The number of aliphatic hydroxyl groups is 1. The zero-order chi connectivity index (χ0) is 12.7. The van der Waals surface area contributed by atoms with Gasteiger partial charge in [-0.3, -0.25) is 4.79 Å². The molecule has 3 nitrogen and oxygen atoms in total. The van der Waals surface area contributed by atoms with E-state index in [0.717, 1.165) is 0 Å². The van der Waals surface area contributed by atoms with Crippen LogP contribution in [0.25, 0.3) is 5.57 Å². The van der Waals surface area contributed by atoms with Crippen LogP contribution < -0.4 is 5.32 Å². The Morgan fingerprint density at radius 3 is 2.94 bits per heavy atom. The minimum absolute atomic E-state index is 0.0485. The van der Waals surface area contributed by atoms with E-state index in [1.807, 2.05) is 0 Å². The molecule has 0 aliphatic heterocycles. The molecular formula is C13H16FNO2. The number of amides is 1. The number of hydrogen-bond donors (Lipinski definition) is 2. The van der Waals surface area contributed by atoms with E-state index < -0.39 is 0 Å². The smallest absolute Gasteiger partial charge is 0.244 e. The Morgan fingerprint density at radius 2 is 2.29 bits per heavy atom. The van der Waals surface area contributed by atoms with E-state index in [1.165, 1.54) is 18.2 Å². The molecule has 0 aliphatic rings. The van der Waals surface area contributed by atoms with Gasteiger partial charge < -0.3 is 10.4 Å². The van der Waals surface area contributed by atoms with Gasteiger partial charge in [0.05, 0.1) is 0 Å². The molecule has 1 aromatic rings. The molecule has 0 bridgehead atoms. The molecule has 17 heavy (non-hydrogen) atoms.